The molecule has 4 N–H and O–H groups in total. The van der Waals surface area contributed by atoms with E-state index in [0.29, 0.717) is 18.6 Å². The molecule has 2 aromatic carbocycles. The van der Waals surface area contributed by atoms with Gasteiger partial charge in [0.15, 0.2) is 0 Å². The molecule has 11 heteroatoms. The van der Waals surface area contributed by atoms with E-state index in [2.05, 4.69) is 10.3 Å². The van der Waals surface area contributed by atoms with Crippen molar-refractivity contribution in [3.8, 4) is 0 Å². The van der Waals surface area contributed by atoms with E-state index in [-0.39, 0.29) is 41.3 Å². The van der Waals surface area contributed by atoms with Gasteiger partial charge in [0.2, 0.25) is 5.91 Å². The number of halogens is 5. The van der Waals surface area contributed by atoms with Crippen molar-refractivity contribution >= 4 is 29.4 Å². The van der Waals surface area contributed by atoms with Gasteiger partial charge in [0, 0.05) is 40.8 Å². The van der Waals surface area contributed by atoms with Gasteiger partial charge in [0.05, 0.1) is 16.5 Å². The lowest BCUT2D eigenvalue weighted by Gasteiger charge is -2.19. The second kappa shape index (κ2) is 10.1. The zero-order valence-corrected chi connectivity index (χ0v) is 19.4. The van der Waals surface area contributed by atoms with E-state index in [0.717, 1.165) is 24.4 Å². The summed E-state index contributed by atoms with van der Waals surface area (Å²) in [6.45, 7) is 3.70. The van der Waals surface area contributed by atoms with Gasteiger partial charge in [-0.15, -0.1) is 0 Å². The number of aromatic carboxylic acids is 1. The van der Waals surface area contributed by atoms with Crippen LogP contribution in [0.1, 0.15) is 60.2 Å². The molecule has 192 valence electrons. The van der Waals surface area contributed by atoms with Crippen molar-refractivity contribution in [3.05, 3.63) is 70.4 Å². The summed E-state index contributed by atoms with van der Waals surface area (Å²) in [6.07, 6.45) is -1.47. The van der Waals surface area contributed by atoms with E-state index in [1.165, 1.54) is 6.21 Å². The minimum absolute atomic E-state index is 0.0218. The van der Waals surface area contributed by atoms with Gasteiger partial charge in [0.1, 0.15) is 11.6 Å². The van der Waals surface area contributed by atoms with Gasteiger partial charge in [-0.05, 0) is 50.5 Å². The summed E-state index contributed by atoms with van der Waals surface area (Å²) in [5.41, 5.74) is 1.70. The molecular formula is C25H24F5N3O3. The maximum Gasteiger partial charge on any atom is 0.416 e. The third-order valence-electron chi connectivity index (χ3n) is 6.10. The summed E-state index contributed by atoms with van der Waals surface area (Å²) in [5.74, 6) is -4.48. The number of carbonyl (C=O) groups is 2. The first-order valence-electron chi connectivity index (χ1n) is 11.0. The zero-order chi connectivity index (χ0) is 26.8. The fourth-order valence-electron chi connectivity index (χ4n) is 3.72. The average molecular weight is 509 g/mol. The number of rotatable bonds is 8. The predicted molar refractivity (Wildman–Crippen MR) is 125 cm³/mol. The summed E-state index contributed by atoms with van der Waals surface area (Å²) < 4.78 is 68.2. The van der Waals surface area contributed by atoms with Crippen molar-refractivity contribution in [2.24, 2.45) is 10.7 Å². The van der Waals surface area contributed by atoms with E-state index in [4.69, 9.17) is 5.73 Å². The van der Waals surface area contributed by atoms with Crippen molar-refractivity contribution in [3.63, 3.8) is 0 Å². The highest BCUT2D eigenvalue weighted by Crippen LogP contribution is 2.50. The third kappa shape index (κ3) is 5.39. The summed E-state index contributed by atoms with van der Waals surface area (Å²) in [4.78, 5) is 29.1. The van der Waals surface area contributed by atoms with Crippen molar-refractivity contribution in [1.82, 2.24) is 0 Å². The molecule has 0 aromatic heterocycles. The number of nitrogens with one attached hydrogen (secondary N) is 1. The number of hydrogen-bond acceptors (Lipinski definition) is 4. The number of benzene rings is 2. The fourth-order valence-corrected chi connectivity index (χ4v) is 3.72. The molecule has 0 saturated heterocycles. The molecule has 1 unspecified atom stereocenters. The Balaban J connectivity index is 1.94. The number of nitrogens with zero attached hydrogens (tertiary/aromatic N) is 1. The van der Waals surface area contributed by atoms with Crippen molar-refractivity contribution < 1.29 is 36.6 Å². The van der Waals surface area contributed by atoms with Gasteiger partial charge in [0.25, 0.3) is 0 Å². The number of allylic oxidation sites excluding steroid dienone is 1. The Labute approximate surface area is 203 Å². The topological polar surface area (TPSA) is 105 Å². The van der Waals surface area contributed by atoms with Gasteiger partial charge in [-0.3, -0.25) is 9.79 Å². The van der Waals surface area contributed by atoms with Crippen LogP contribution in [0.3, 0.4) is 0 Å². The molecule has 1 saturated carbocycles. The quantitative estimate of drug-likeness (QED) is 0.322. The molecule has 6 nitrogen and oxygen atoms in total. The average Bonchev–Trinajstić information content (AvgIpc) is 3.61. The molecule has 0 radical (unpaired) electrons. The summed E-state index contributed by atoms with van der Waals surface area (Å²) in [5, 5.41) is 12.0. The predicted octanol–water partition coefficient (Wildman–Crippen LogP) is 5.52. The van der Waals surface area contributed by atoms with E-state index in [1.807, 2.05) is 13.8 Å². The molecule has 1 amide bonds. The smallest absolute Gasteiger partial charge is 0.416 e. The Morgan fingerprint density at radius 2 is 1.86 bits per heavy atom. The normalized spacial score (nSPS) is 16.1. The lowest BCUT2D eigenvalue weighted by Crippen LogP contribution is -2.29. The molecule has 1 fully saturated rings. The van der Waals surface area contributed by atoms with Crippen molar-refractivity contribution in [2.75, 3.05) is 5.32 Å². The molecule has 0 bridgehead atoms. The Morgan fingerprint density at radius 3 is 2.36 bits per heavy atom. The van der Waals surface area contributed by atoms with Crippen LogP contribution in [0, 0.1) is 11.6 Å². The first kappa shape index (κ1) is 26.8. The van der Waals surface area contributed by atoms with Crippen LogP contribution >= 0.6 is 0 Å². The summed E-state index contributed by atoms with van der Waals surface area (Å²) in [6, 6.07) is 3.71. The maximum atomic E-state index is 15.1. The number of amides is 1. The maximum absolute atomic E-state index is 15.1. The van der Waals surface area contributed by atoms with Crippen LogP contribution in [0.25, 0.3) is 5.57 Å². The Hall–Kier alpha value is -3.76. The zero-order valence-electron chi connectivity index (χ0n) is 19.4. The standard InChI is InChI=1S/C25H24F5N3O3/c1-3-13(2)32-12-14(11-31)21-17(22(34)35)9-16(10-20(21)27)33-23(36)24(6-7-24)18-5-4-15(8-19(18)26)25(28,29)30/h4-5,8-13H,3,6-7,31H2,1-2H3,(H,33,36)(H,34,35). The minimum atomic E-state index is -4.75. The number of hydrogen-bond donors (Lipinski definition) is 3. The number of alkyl halides is 3. The molecule has 1 aliphatic carbocycles. The number of nitrogens with two attached hydrogens (primary N) is 1. The third-order valence-corrected chi connectivity index (χ3v) is 6.10. The molecule has 0 aliphatic heterocycles. The second-order valence-corrected chi connectivity index (χ2v) is 8.57. The highest BCUT2D eigenvalue weighted by Gasteiger charge is 2.53. The van der Waals surface area contributed by atoms with Gasteiger partial charge in [-0.2, -0.15) is 13.2 Å². The van der Waals surface area contributed by atoms with E-state index < -0.39 is 46.2 Å². The van der Waals surface area contributed by atoms with E-state index in [1.54, 1.807) is 0 Å². The molecular weight excluding hydrogens is 485 g/mol. The Morgan fingerprint density at radius 1 is 1.19 bits per heavy atom. The molecule has 1 atom stereocenters. The van der Waals surface area contributed by atoms with Crippen molar-refractivity contribution in [2.45, 2.75) is 50.7 Å². The van der Waals surface area contributed by atoms with Crippen LogP contribution in [-0.4, -0.2) is 29.2 Å². The number of carbonyl (C=O) groups excluding carboxylic acids is 1. The van der Waals surface area contributed by atoms with E-state index in [9.17, 15) is 32.3 Å². The van der Waals surface area contributed by atoms with Crippen LogP contribution in [-0.2, 0) is 16.4 Å². The highest BCUT2D eigenvalue weighted by atomic mass is 19.4. The Bertz CT molecular complexity index is 1250. The number of carboxylic acid groups (broad SMARTS) is 1. The summed E-state index contributed by atoms with van der Waals surface area (Å²) >= 11 is 0. The van der Waals surface area contributed by atoms with Crippen LogP contribution in [0.4, 0.5) is 27.6 Å². The first-order chi connectivity index (χ1) is 16.8. The van der Waals surface area contributed by atoms with Gasteiger partial charge >= 0.3 is 12.1 Å². The molecule has 0 heterocycles. The lowest BCUT2D eigenvalue weighted by atomic mass is 9.92. The molecule has 2 aromatic rings. The van der Waals surface area contributed by atoms with Gasteiger partial charge < -0.3 is 16.2 Å². The molecule has 1 aliphatic rings. The van der Waals surface area contributed by atoms with Crippen LogP contribution < -0.4 is 11.1 Å². The van der Waals surface area contributed by atoms with Crippen LogP contribution in [0.15, 0.2) is 41.5 Å². The second-order valence-electron chi connectivity index (χ2n) is 8.57. The van der Waals surface area contributed by atoms with Gasteiger partial charge in [-0.1, -0.05) is 13.0 Å². The van der Waals surface area contributed by atoms with Crippen LogP contribution in [0.2, 0.25) is 0 Å². The SMILES string of the molecule is CCC(C)N=CC(=CN)c1c(F)cc(NC(=O)C2(c3ccc(C(F)(F)F)cc3F)CC2)cc1C(=O)O. The van der Waals surface area contributed by atoms with E-state index >= 15 is 4.39 Å². The van der Waals surface area contributed by atoms with Crippen LogP contribution in [0.5, 0.6) is 0 Å². The highest BCUT2D eigenvalue weighted by molar-refractivity contribution is 6.14. The van der Waals surface area contributed by atoms with Gasteiger partial charge in [-0.25, -0.2) is 13.6 Å². The number of carboxylic acids is 1. The monoisotopic (exact) mass is 509 g/mol. The Kier molecular flexibility index (Phi) is 7.51. The molecule has 3 rings (SSSR count). The number of aliphatic imine (C=N–C) groups is 1. The molecule has 36 heavy (non-hydrogen) atoms. The minimum Gasteiger partial charge on any atom is -0.478 e. The fraction of sp³-hybridized carbons (Fsp3) is 0.320. The lowest BCUT2D eigenvalue weighted by molar-refractivity contribution is -0.137. The summed E-state index contributed by atoms with van der Waals surface area (Å²) in [7, 11) is 0. The molecule has 0 spiro atoms. The first-order valence-corrected chi connectivity index (χ1v) is 11.0. The van der Waals surface area contributed by atoms with Crippen molar-refractivity contribution in [1.29, 1.82) is 0 Å². The number of anilines is 1. The largest absolute Gasteiger partial charge is 0.478 e.